The van der Waals surface area contributed by atoms with Gasteiger partial charge in [-0.2, -0.15) is 17.9 Å². The molecule has 184 valence electrons. The van der Waals surface area contributed by atoms with Crippen molar-refractivity contribution in [3.63, 3.8) is 0 Å². The molecule has 0 saturated carbocycles. The van der Waals surface area contributed by atoms with E-state index in [4.69, 9.17) is 4.74 Å². The second kappa shape index (κ2) is 9.67. The average Bonchev–Trinajstić information content (AvgIpc) is 3.31. The largest absolute Gasteiger partial charge is 0.497 e. The SMILES string of the molecule is CCS(=O)(=O)Nc1cccc(C2=NN(S(=O)(=O)c3cccc(F)c3)[C@@H](c3ccc(OC)cc3)C2)c1. The van der Waals surface area contributed by atoms with E-state index in [0.29, 0.717) is 28.3 Å². The maximum atomic E-state index is 13.8. The monoisotopic (exact) mass is 517 g/mol. The van der Waals surface area contributed by atoms with E-state index in [2.05, 4.69) is 9.82 Å². The number of rotatable bonds is 8. The van der Waals surface area contributed by atoms with E-state index in [-0.39, 0.29) is 17.1 Å². The third-order valence-electron chi connectivity index (χ3n) is 5.56. The van der Waals surface area contributed by atoms with Crippen LogP contribution in [0.5, 0.6) is 5.75 Å². The summed E-state index contributed by atoms with van der Waals surface area (Å²) in [5.41, 5.74) is 2.03. The van der Waals surface area contributed by atoms with Crippen molar-refractivity contribution in [2.45, 2.75) is 24.3 Å². The molecule has 0 amide bonds. The van der Waals surface area contributed by atoms with E-state index < -0.39 is 31.9 Å². The third-order valence-corrected chi connectivity index (χ3v) is 8.55. The standard InChI is InChI=1S/C24H24FN3O5S2/c1-3-34(29,30)27-20-8-4-6-18(14-20)23-16-24(17-10-12-21(33-2)13-11-17)28(26-23)35(31,32)22-9-5-7-19(25)15-22/h4-15,24,27H,3,16H2,1-2H3/t24-/m1/s1. The summed E-state index contributed by atoms with van der Waals surface area (Å²) in [6.45, 7) is 1.53. The summed E-state index contributed by atoms with van der Waals surface area (Å²) in [6, 6.07) is 17.6. The Kier molecular flexibility index (Phi) is 6.82. The minimum absolute atomic E-state index is 0.0859. The van der Waals surface area contributed by atoms with E-state index in [1.807, 2.05) is 0 Å². The van der Waals surface area contributed by atoms with Crippen molar-refractivity contribution in [2.75, 3.05) is 17.6 Å². The maximum Gasteiger partial charge on any atom is 0.279 e. The van der Waals surface area contributed by atoms with Crippen molar-refractivity contribution in [3.8, 4) is 5.75 Å². The van der Waals surface area contributed by atoms with Crippen LogP contribution in [0.25, 0.3) is 0 Å². The fraction of sp³-hybridized carbons (Fsp3) is 0.208. The highest BCUT2D eigenvalue weighted by Crippen LogP contribution is 2.38. The molecule has 3 aromatic carbocycles. The van der Waals surface area contributed by atoms with Gasteiger partial charge in [-0.3, -0.25) is 4.72 Å². The molecule has 4 rings (SSSR count). The number of hydrogen-bond donors (Lipinski definition) is 1. The predicted molar refractivity (Wildman–Crippen MR) is 132 cm³/mol. The van der Waals surface area contributed by atoms with Gasteiger partial charge in [0.2, 0.25) is 10.0 Å². The first-order valence-electron chi connectivity index (χ1n) is 10.8. The molecular weight excluding hydrogens is 493 g/mol. The van der Waals surface area contributed by atoms with Crippen LogP contribution in [-0.4, -0.2) is 39.8 Å². The second-order valence-electron chi connectivity index (χ2n) is 7.86. The van der Waals surface area contributed by atoms with Crippen molar-refractivity contribution in [1.29, 1.82) is 0 Å². The summed E-state index contributed by atoms with van der Waals surface area (Å²) in [5.74, 6) is -0.146. The fourth-order valence-corrected chi connectivity index (χ4v) is 5.80. The Morgan fingerprint density at radius 3 is 2.40 bits per heavy atom. The van der Waals surface area contributed by atoms with Crippen LogP contribution >= 0.6 is 0 Å². The van der Waals surface area contributed by atoms with Crippen LogP contribution < -0.4 is 9.46 Å². The number of sulfonamides is 2. The first-order valence-corrected chi connectivity index (χ1v) is 13.8. The molecule has 11 heteroatoms. The molecule has 1 aliphatic rings. The summed E-state index contributed by atoms with van der Waals surface area (Å²) in [6.07, 6.45) is 0.227. The van der Waals surface area contributed by atoms with Gasteiger partial charge in [0.1, 0.15) is 11.6 Å². The lowest BCUT2D eigenvalue weighted by atomic mass is 9.99. The van der Waals surface area contributed by atoms with Gasteiger partial charge in [0, 0.05) is 12.1 Å². The van der Waals surface area contributed by atoms with Crippen molar-refractivity contribution in [1.82, 2.24) is 4.41 Å². The van der Waals surface area contributed by atoms with E-state index >= 15 is 0 Å². The summed E-state index contributed by atoms with van der Waals surface area (Å²) < 4.78 is 73.5. The number of methoxy groups -OCH3 is 1. The van der Waals surface area contributed by atoms with E-state index in [0.717, 1.165) is 10.5 Å². The van der Waals surface area contributed by atoms with Crippen molar-refractivity contribution < 1.29 is 26.0 Å². The van der Waals surface area contributed by atoms with Gasteiger partial charge in [-0.25, -0.2) is 12.8 Å². The average molecular weight is 518 g/mol. The zero-order valence-electron chi connectivity index (χ0n) is 19.0. The van der Waals surface area contributed by atoms with Gasteiger partial charge in [-0.05, 0) is 60.5 Å². The highest BCUT2D eigenvalue weighted by atomic mass is 32.2. The van der Waals surface area contributed by atoms with Gasteiger partial charge in [0.25, 0.3) is 10.0 Å². The highest BCUT2D eigenvalue weighted by Gasteiger charge is 2.38. The van der Waals surface area contributed by atoms with E-state index in [1.165, 1.54) is 32.2 Å². The molecule has 8 nitrogen and oxygen atoms in total. The number of benzene rings is 3. The van der Waals surface area contributed by atoms with Gasteiger partial charge in [-0.15, -0.1) is 0 Å². The van der Waals surface area contributed by atoms with Crippen LogP contribution in [0, 0.1) is 5.82 Å². The third kappa shape index (κ3) is 5.30. The smallest absolute Gasteiger partial charge is 0.279 e. The minimum atomic E-state index is -4.19. The molecule has 0 aliphatic carbocycles. The Morgan fingerprint density at radius 1 is 1.03 bits per heavy atom. The number of ether oxygens (including phenoxy) is 1. The number of nitrogens with one attached hydrogen (secondary N) is 1. The normalized spacial score (nSPS) is 16.1. The minimum Gasteiger partial charge on any atom is -0.497 e. The van der Waals surface area contributed by atoms with Gasteiger partial charge in [0.05, 0.1) is 29.5 Å². The molecular formula is C24H24FN3O5S2. The van der Waals surface area contributed by atoms with Crippen molar-refractivity contribution >= 4 is 31.4 Å². The van der Waals surface area contributed by atoms with Gasteiger partial charge >= 0.3 is 0 Å². The molecule has 0 saturated heterocycles. The van der Waals surface area contributed by atoms with Gasteiger partial charge in [-0.1, -0.05) is 30.3 Å². The Hall–Kier alpha value is -3.44. The quantitative estimate of drug-likeness (QED) is 0.484. The van der Waals surface area contributed by atoms with E-state index in [9.17, 15) is 21.2 Å². The molecule has 0 bridgehead atoms. The maximum absolute atomic E-state index is 13.8. The molecule has 1 N–H and O–H groups in total. The summed E-state index contributed by atoms with van der Waals surface area (Å²) in [5, 5.41) is 4.43. The molecule has 1 heterocycles. The molecule has 3 aromatic rings. The number of anilines is 1. The molecule has 0 unspecified atom stereocenters. The Labute approximate surface area is 204 Å². The summed E-state index contributed by atoms with van der Waals surface area (Å²) >= 11 is 0. The summed E-state index contributed by atoms with van der Waals surface area (Å²) in [4.78, 5) is -0.217. The fourth-order valence-electron chi connectivity index (χ4n) is 3.71. The molecule has 1 aliphatic heterocycles. The molecule has 0 aromatic heterocycles. The molecule has 0 fully saturated rings. The lowest BCUT2D eigenvalue weighted by Gasteiger charge is -2.23. The predicted octanol–water partition coefficient (Wildman–Crippen LogP) is 4.14. The van der Waals surface area contributed by atoms with Crippen molar-refractivity contribution in [3.05, 3.63) is 89.7 Å². The zero-order chi connectivity index (χ0) is 25.2. The van der Waals surface area contributed by atoms with Crippen molar-refractivity contribution in [2.24, 2.45) is 5.10 Å². The van der Waals surface area contributed by atoms with E-state index in [1.54, 1.807) is 48.5 Å². The summed E-state index contributed by atoms with van der Waals surface area (Å²) in [7, 11) is -6.15. The molecule has 1 atom stereocenters. The van der Waals surface area contributed by atoms with Gasteiger partial charge in [0.15, 0.2) is 0 Å². The zero-order valence-corrected chi connectivity index (χ0v) is 20.7. The van der Waals surface area contributed by atoms with Crippen LogP contribution in [0.15, 0.2) is 82.8 Å². The van der Waals surface area contributed by atoms with Crippen LogP contribution in [0.4, 0.5) is 10.1 Å². The second-order valence-corrected chi connectivity index (χ2v) is 11.7. The number of nitrogens with zero attached hydrogens (tertiary/aromatic N) is 2. The Morgan fingerprint density at radius 2 is 1.74 bits per heavy atom. The Bertz CT molecular complexity index is 1470. The van der Waals surface area contributed by atoms with Crippen LogP contribution in [0.1, 0.15) is 30.5 Å². The number of halogens is 1. The molecule has 0 spiro atoms. The first-order chi connectivity index (χ1) is 16.6. The Balaban J connectivity index is 1.77. The van der Waals surface area contributed by atoms with Crippen LogP contribution in [-0.2, 0) is 20.0 Å². The molecule has 35 heavy (non-hydrogen) atoms. The topological polar surface area (TPSA) is 105 Å². The first kappa shape index (κ1) is 24.7. The van der Waals surface area contributed by atoms with Crippen LogP contribution in [0.3, 0.4) is 0 Å². The van der Waals surface area contributed by atoms with Gasteiger partial charge < -0.3 is 4.74 Å². The number of hydrazone groups is 1. The lowest BCUT2D eigenvalue weighted by Crippen LogP contribution is -2.27. The lowest BCUT2D eigenvalue weighted by molar-refractivity contribution is 0.370. The van der Waals surface area contributed by atoms with Crippen LogP contribution in [0.2, 0.25) is 0 Å². The highest BCUT2D eigenvalue weighted by molar-refractivity contribution is 7.92. The molecule has 0 radical (unpaired) electrons. The number of hydrogen-bond acceptors (Lipinski definition) is 6.